The number of benzene rings is 2. The molecule has 25 heavy (non-hydrogen) atoms. The van der Waals surface area contributed by atoms with E-state index in [0.29, 0.717) is 6.42 Å². The molecule has 3 aromatic rings. The van der Waals surface area contributed by atoms with Crippen molar-refractivity contribution >= 4 is 16.8 Å². The van der Waals surface area contributed by atoms with Gasteiger partial charge in [0.2, 0.25) is 5.91 Å². The summed E-state index contributed by atoms with van der Waals surface area (Å²) < 4.78 is 10.4. The van der Waals surface area contributed by atoms with E-state index in [1.54, 1.807) is 14.2 Å². The van der Waals surface area contributed by atoms with Crippen molar-refractivity contribution in [2.75, 3.05) is 14.2 Å². The molecule has 1 unspecified atom stereocenters. The number of aromatic amines is 1. The predicted molar refractivity (Wildman–Crippen MR) is 98.1 cm³/mol. The van der Waals surface area contributed by atoms with Crippen LogP contribution in [-0.2, 0) is 11.2 Å². The molecule has 5 heteroatoms. The first-order valence-corrected chi connectivity index (χ1v) is 8.18. The number of methoxy groups -OCH3 is 2. The molecule has 3 rings (SSSR count). The van der Waals surface area contributed by atoms with Crippen molar-refractivity contribution in [2.24, 2.45) is 0 Å². The molecular formula is C20H22N2O3. The summed E-state index contributed by atoms with van der Waals surface area (Å²) in [7, 11) is 3.27. The predicted octanol–water partition coefficient (Wildman–Crippen LogP) is 3.61. The Hall–Kier alpha value is -2.95. The number of carbonyl (C=O) groups is 1. The Morgan fingerprint density at radius 3 is 2.44 bits per heavy atom. The molecular weight excluding hydrogens is 316 g/mol. The van der Waals surface area contributed by atoms with Crippen molar-refractivity contribution in [2.45, 2.75) is 19.4 Å². The van der Waals surface area contributed by atoms with E-state index in [0.717, 1.165) is 33.5 Å². The minimum Gasteiger partial charge on any atom is -0.497 e. The SMILES string of the molecule is COc1ccc(CC(=O)NC(C)c2c[nH]c3ccc(OC)cc23)cc1. The highest BCUT2D eigenvalue weighted by Crippen LogP contribution is 2.27. The van der Waals surface area contributed by atoms with Gasteiger partial charge in [-0.05, 0) is 48.4 Å². The zero-order chi connectivity index (χ0) is 17.8. The van der Waals surface area contributed by atoms with Gasteiger partial charge in [-0.1, -0.05) is 12.1 Å². The second-order valence-corrected chi connectivity index (χ2v) is 5.97. The van der Waals surface area contributed by atoms with Crippen LogP contribution in [0.4, 0.5) is 0 Å². The van der Waals surface area contributed by atoms with E-state index in [1.165, 1.54) is 0 Å². The number of carbonyl (C=O) groups excluding carboxylic acids is 1. The molecule has 0 radical (unpaired) electrons. The van der Waals surface area contributed by atoms with Crippen molar-refractivity contribution in [1.29, 1.82) is 0 Å². The van der Waals surface area contributed by atoms with Crippen LogP contribution in [0.5, 0.6) is 11.5 Å². The number of ether oxygens (including phenoxy) is 2. The van der Waals surface area contributed by atoms with Gasteiger partial charge < -0.3 is 19.8 Å². The molecule has 0 saturated heterocycles. The van der Waals surface area contributed by atoms with Gasteiger partial charge in [0.1, 0.15) is 11.5 Å². The third-order valence-corrected chi connectivity index (χ3v) is 4.29. The fourth-order valence-electron chi connectivity index (χ4n) is 2.91. The summed E-state index contributed by atoms with van der Waals surface area (Å²) >= 11 is 0. The van der Waals surface area contributed by atoms with Crippen LogP contribution >= 0.6 is 0 Å². The second kappa shape index (κ2) is 7.30. The Balaban J connectivity index is 1.70. The minimum absolute atomic E-state index is 0.0186. The monoisotopic (exact) mass is 338 g/mol. The lowest BCUT2D eigenvalue weighted by Gasteiger charge is -2.14. The molecule has 0 bridgehead atoms. The van der Waals surface area contributed by atoms with Crippen LogP contribution in [0.3, 0.4) is 0 Å². The lowest BCUT2D eigenvalue weighted by atomic mass is 10.1. The van der Waals surface area contributed by atoms with Crippen molar-refractivity contribution in [1.82, 2.24) is 10.3 Å². The largest absolute Gasteiger partial charge is 0.497 e. The maximum absolute atomic E-state index is 12.4. The van der Waals surface area contributed by atoms with Crippen molar-refractivity contribution in [3.63, 3.8) is 0 Å². The van der Waals surface area contributed by atoms with Crippen LogP contribution in [0, 0.1) is 0 Å². The summed E-state index contributed by atoms with van der Waals surface area (Å²) in [6, 6.07) is 13.3. The molecule has 1 atom stereocenters. The summed E-state index contributed by atoms with van der Waals surface area (Å²) in [4.78, 5) is 15.6. The zero-order valence-electron chi connectivity index (χ0n) is 14.6. The number of rotatable bonds is 6. The summed E-state index contributed by atoms with van der Waals surface area (Å²) in [5, 5.41) is 4.11. The van der Waals surface area contributed by atoms with Crippen molar-refractivity contribution in [3.8, 4) is 11.5 Å². The summed E-state index contributed by atoms with van der Waals surface area (Å²) in [5.74, 6) is 1.56. The lowest BCUT2D eigenvalue weighted by Crippen LogP contribution is -2.28. The quantitative estimate of drug-likeness (QED) is 0.722. The highest BCUT2D eigenvalue weighted by Gasteiger charge is 2.14. The van der Waals surface area contributed by atoms with Crippen LogP contribution in [0.15, 0.2) is 48.7 Å². The average molecular weight is 338 g/mol. The van der Waals surface area contributed by atoms with E-state index in [1.807, 2.05) is 55.6 Å². The molecule has 0 aliphatic heterocycles. The fourth-order valence-corrected chi connectivity index (χ4v) is 2.91. The van der Waals surface area contributed by atoms with Crippen LogP contribution in [0.2, 0.25) is 0 Å². The Labute approximate surface area is 147 Å². The maximum atomic E-state index is 12.4. The fraction of sp³-hybridized carbons (Fsp3) is 0.250. The molecule has 0 aliphatic carbocycles. The molecule has 2 aromatic carbocycles. The highest BCUT2D eigenvalue weighted by atomic mass is 16.5. The first-order valence-electron chi connectivity index (χ1n) is 8.18. The van der Waals surface area contributed by atoms with Crippen molar-refractivity contribution in [3.05, 3.63) is 59.8 Å². The smallest absolute Gasteiger partial charge is 0.224 e. The molecule has 1 aromatic heterocycles. The number of aromatic nitrogens is 1. The van der Waals surface area contributed by atoms with Gasteiger partial charge in [0.25, 0.3) is 0 Å². The molecule has 0 fully saturated rings. The van der Waals surface area contributed by atoms with Crippen molar-refractivity contribution < 1.29 is 14.3 Å². The summed E-state index contributed by atoms with van der Waals surface area (Å²) in [5.41, 5.74) is 3.01. The molecule has 2 N–H and O–H groups in total. The molecule has 0 spiro atoms. The van der Waals surface area contributed by atoms with Crippen LogP contribution in [0.1, 0.15) is 24.1 Å². The third kappa shape index (κ3) is 3.76. The van der Waals surface area contributed by atoms with E-state index < -0.39 is 0 Å². The van der Waals surface area contributed by atoms with Crippen LogP contribution in [-0.4, -0.2) is 25.1 Å². The molecule has 0 saturated carbocycles. The van der Waals surface area contributed by atoms with Gasteiger partial charge in [0, 0.05) is 17.1 Å². The number of amides is 1. The minimum atomic E-state index is -0.105. The molecule has 130 valence electrons. The van der Waals surface area contributed by atoms with E-state index in [9.17, 15) is 4.79 Å². The molecule has 5 nitrogen and oxygen atoms in total. The number of nitrogens with one attached hydrogen (secondary N) is 2. The second-order valence-electron chi connectivity index (χ2n) is 5.97. The highest BCUT2D eigenvalue weighted by molar-refractivity contribution is 5.86. The van der Waals surface area contributed by atoms with Gasteiger partial charge in [0.15, 0.2) is 0 Å². The number of H-pyrrole nitrogens is 1. The van der Waals surface area contributed by atoms with Gasteiger partial charge in [-0.15, -0.1) is 0 Å². The molecule has 1 heterocycles. The van der Waals surface area contributed by atoms with E-state index >= 15 is 0 Å². The van der Waals surface area contributed by atoms with E-state index in [2.05, 4.69) is 10.3 Å². The number of hydrogen-bond donors (Lipinski definition) is 2. The average Bonchev–Trinajstić information content (AvgIpc) is 3.05. The first-order chi connectivity index (χ1) is 12.1. The van der Waals surface area contributed by atoms with Crippen LogP contribution in [0.25, 0.3) is 10.9 Å². The number of hydrogen-bond acceptors (Lipinski definition) is 3. The normalized spacial score (nSPS) is 12.0. The van der Waals surface area contributed by atoms with E-state index in [4.69, 9.17) is 9.47 Å². The lowest BCUT2D eigenvalue weighted by molar-refractivity contribution is -0.121. The zero-order valence-corrected chi connectivity index (χ0v) is 14.6. The Kier molecular flexibility index (Phi) is 4.93. The summed E-state index contributed by atoms with van der Waals surface area (Å²) in [6.07, 6.45) is 2.27. The van der Waals surface area contributed by atoms with Gasteiger partial charge in [0.05, 0.1) is 26.7 Å². The molecule has 0 aliphatic rings. The third-order valence-electron chi connectivity index (χ3n) is 4.29. The van der Waals surface area contributed by atoms with Gasteiger partial charge >= 0.3 is 0 Å². The van der Waals surface area contributed by atoms with Gasteiger partial charge in [-0.25, -0.2) is 0 Å². The maximum Gasteiger partial charge on any atom is 0.224 e. The Morgan fingerprint density at radius 1 is 1.08 bits per heavy atom. The van der Waals surface area contributed by atoms with Crippen LogP contribution < -0.4 is 14.8 Å². The standard InChI is InChI=1S/C20H22N2O3/c1-13(18-12-21-19-9-8-16(25-3)11-17(18)19)22-20(23)10-14-4-6-15(24-2)7-5-14/h4-9,11-13,21H,10H2,1-3H3,(H,22,23). The summed E-state index contributed by atoms with van der Waals surface area (Å²) in [6.45, 7) is 1.98. The Bertz CT molecular complexity index is 868. The number of fused-ring (bicyclic) bond motifs is 1. The molecule has 1 amide bonds. The van der Waals surface area contributed by atoms with E-state index in [-0.39, 0.29) is 11.9 Å². The Morgan fingerprint density at radius 2 is 1.76 bits per heavy atom. The topological polar surface area (TPSA) is 63.3 Å². The van der Waals surface area contributed by atoms with Gasteiger partial charge in [-0.3, -0.25) is 4.79 Å². The first kappa shape index (κ1) is 16.9. The van der Waals surface area contributed by atoms with Gasteiger partial charge in [-0.2, -0.15) is 0 Å².